The van der Waals surface area contributed by atoms with Gasteiger partial charge in [-0.15, -0.1) is 0 Å². The molecule has 1 aliphatic heterocycles. The molecule has 0 aliphatic carbocycles. The van der Waals surface area contributed by atoms with Crippen LogP contribution in [0.5, 0.6) is 0 Å². The van der Waals surface area contributed by atoms with Crippen molar-refractivity contribution in [3.8, 4) is 0 Å². The largest absolute Gasteiger partial charge is 0.480 e. The number of carbonyl (C=O) groups is 2. The zero-order chi connectivity index (χ0) is 11.5. The molecule has 1 atom stereocenters. The molecule has 2 rings (SSSR count). The third-order valence-corrected chi connectivity index (χ3v) is 2.42. The molecule has 0 bridgehead atoms. The van der Waals surface area contributed by atoms with Crippen LogP contribution in [0.1, 0.15) is 11.6 Å². The molecule has 1 aromatic heterocycles. The van der Waals surface area contributed by atoms with Gasteiger partial charge in [0.05, 0.1) is 6.04 Å². The van der Waals surface area contributed by atoms with E-state index in [9.17, 15) is 9.59 Å². The molecule has 1 unspecified atom stereocenters. The molecule has 16 heavy (non-hydrogen) atoms. The van der Waals surface area contributed by atoms with E-state index >= 15 is 0 Å². The predicted molar refractivity (Wildman–Crippen MR) is 54.7 cm³/mol. The molecule has 0 aromatic carbocycles. The molecule has 6 heteroatoms. The molecule has 1 fully saturated rings. The van der Waals surface area contributed by atoms with Gasteiger partial charge in [0.15, 0.2) is 0 Å². The second kappa shape index (κ2) is 4.18. The van der Waals surface area contributed by atoms with Crippen LogP contribution in [0.15, 0.2) is 24.5 Å². The van der Waals surface area contributed by atoms with Gasteiger partial charge in [0.2, 0.25) is 0 Å². The Morgan fingerprint density at radius 1 is 1.56 bits per heavy atom. The number of pyridine rings is 1. The van der Waals surface area contributed by atoms with Crippen LogP contribution in [-0.2, 0) is 4.79 Å². The van der Waals surface area contributed by atoms with Crippen LogP contribution >= 0.6 is 0 Å². The highest BCUT2D eigenvalue weighted by Gasteiger charge is 2.30. The van der Waals surface area contributed by atoms with Gasteiger partial charge >= 0.3 is 12.0 Å². The topological polar surface area (TPSA) is 82.5 Å². The fourth-order valence-electron chi connectivity index (χ4n) is 1.67. The molecule has 0 spiro atoms. The van der Waals surface area contributed by atoms with Crippen LogP contribution in [0.2, 0.25) is 0 Å². The van der Waals surface area contributed by atoms with Gasteiger partial charge in [0, 0.05) is 18.9 Å². The van der Waals surface area contributed by atoms with Crippen LogP contribution in [0, 0.1) is 0 Å². The predicted octanol–water partition coefficient (Wildman–Crippen LogP) is 0.233. The Bertz CT molecular complexity index is 407. The maximum atomic E-state index is 11.4. The second-order valence-corrected chi connectivity index (χ2v) is 3.56. The number of hydrogen-bond donors (Lipinski definition) is 2. The van der Waals surface area contributed by atoms with Crippen LogP contribution in [-0.4, -0.2) is 40.1 Å². The van der Waals surface area contributed by atoms with E-state index in [1.54, 1.807) is 24.5 Å². The number of urea groups is 1. The molecule has 1 saturated heterocycles. The summed E-state index contributed by atoms with van der Waals surface area (Å²) in [7, 11) is 0. The minimum atomic E-state index is -1.01. The quantitative estimate of drug-likeness (QED) is 0.765. The first-order valence-corrected chi connectivity index (χ1v) is 4.84. The van der Waals surface area contributed by atoms with Crippen molar-refractivity contribution in [2.24, 2.45) is 0 Å². The van der Waals surface area contributed by atoms with E-state index in [0.29, 0.717) is 6.54 Å². The van der Waals surface area contributed by atoms with Gasteiger partial charge in [0.1, 0.15) is 6.54 Å². The zero-order valence-electron chi connectivity index (χ0n) is 8.46. The Hall–Kier alpha value is -2.11. The van der Waals surface area contributed by atoms with Gasteiger partial charge in [-0.2, -0.15) is 0 Å². The third-order valence-electron chi connectivity index (χ3n) is 2.42. The lowest BCUT2D eigenvalue weighted by atomic mass is 10.1. The molecule has 1 aliphatic rings. The third kappa shape index (κ3) is 2.10. The minimum Gasteiger partial charge on any atom is -0.480 e. The second-order valence-electron chi connectivity index (χ2n) is 3.56. The number of hydrogen-bond acceptors (Lipinski definition) is 3. The molecule has 84 valence electrons. The van der Waals surface area contributed by atoms with Gasteiger partial charge < -0.3 is 15.3 Å². The van der Waals surface area contributed by atoms with E-state index in [0.717, 1.165) is 5.56 Å². The van der Waals surface area contributed by atoms with E-state index in [-0.39, 0.29) is 18.6 Å². The number of carbonyl (C=O) groups excluding carboxylic acids is 1. The molecular formula is C10H11N3O3. The highest BCUT2D eigenvalue weighted by molar-refractivity contribution is 5.82. The normalized spacial score (nSPS) is 19.6. The summed E-state index contributed by atoms with van der Waals surface area (Å²) in [5.41, 5.74) is 0.927. The summed E-state index contributed by atoms with van der Waals surface area (Å²) in [6.45, 7) is 0.0998. The zero-order valence-corrected chi connectivity index (χ0v) is 8.46. The minimum absolute atomic E-state index is 0.158. The average Bonchev–Trinajstić information content (AvgIpc) is 2.61. The Kier molecular flexibility index (Phi) is 2.72. The molecular weight excluding hydrogens is 210 g/mol. The highest BCUT2D eigenvalue weighted by atomic mass is 16.4. The number of amides is 2. The molecule has 1 aromatic rings. The van der Waals surface area contributed by atoms with Crippen molar-refractivity contribution in [2.75, 3.05) is 13.1 Å². The summed E-state index contributed by atoms with van der Waals surface area (Å²) in [5, 5.41) is 11.3. The monoisotopic (exact) mass is 221 g/mol. The van der Waals surface area contributed by atoms with Gasteiger partial charge in [-0.1, -0.05) is 0 Å². The molecule has 6 nitrogen and oxygen atoms in total. The van der Waals surface area contributed by atoms with Crippen LogP contribution < -0.4 is 5.32 Å². The van der Waals surface area contributed by atoms with Gasteiger partial charge in [-0.25, -0.2) is 4.79 Å². The Morgan fingerprint density at radius 2 is 2.25 bits per heavy atom. The van der Waals surface area contributed by atoms with E-state index in [2.05, 4.69) is 10.3 Å². The van der Waals surface area contributed by atoms with Gasteiger partial charge in [-0.05, 0) is 17.7 Å². The fourth-order valence-corrected chi connectivity index (χ4v) is 1.67. The maximum Gasteiger partial charge on any atom is 0.323 e. The molecule has 0 saturated carbocycles. The van der Waals surface area contributed by atoms with E-state index in [1.807, 2.05) is 0 Å². The summed E-state index contributed by atoms with van der Waals surface area (Å²) in [6, 6.07) is 3.10. The van der Waals surface area contributed by atoms with Gasteiger partial charge in [0.25, 0.3) is 0 Å². The van der Waals surface area contributed by atoms with Crippen molar-refractivity contribution in [1.82, 2.24) is 15.2 Å². The summed E-state index contributed by atoms with van der Waals surface area (Å²) in [5.74, 6) is -1.01. The van der Waals surface area contributed by atoms with Crippen LogP contribution in [0.3, 0.4) is 0 Å². The lowest BCUT2D eigenvalue weighted by molar-refractivity contribution is -0.137. The summed E-state index contributed by atoms with van der Waals surface area (Å²) in [4.78, 5) is 27.1. The number of nitrogens with zero attached hydrogens (tertiary/aromatic N) is 2. The summed E-state index contributed by atoms with van der Waals surface area (Å²) in [6.07, 6.45) is 3.28. The Balaban J connectivity index is 2.07. The number of aromatic nitrogens is 1. The number of carboxylic acid groups (broad SMARTS) is 1. The van der Waals surface area contributed by atoms with Crippen molar-refractivity contribution in [2.45, 2.75) is 6.04 Å². The van der Waals surface area contributed by atoms with E-state index < -0.39 is 5.97 Å². The maximum absolute atomic E-state index is 11.4. The number of aliphatic carboxylic acids is 1. The smallest absolute Gasteiger partial charge is 0.323 e. The molecule has 2 amide bonds. The molecule has 2 N–H and O–H groups in total. The van der Waals surface area contributed by atoms with Crippen molar-refractivity contribution in [3.63, 3.8) is 0 Å². The Labute approximate surface area is 91.9 Å². The van der Waals surface area contributed by atoms with E-state index in [1.165, 1.54) is 4.90 Å². The highest BCUT2D eigenvalue weighted by Crippen LogP contribution is 2.18. The summed E-state index contributed by atoms with van der Waals surface area (Å²) >= 11 is 0. The molecule has 2 heterocycles. The number of rotatable bonds is 3. The first-order chi connectivity index (χ1) is 7.66. The summed E-state index contributed by atoms with van der Waals surface area (Å²) < 4.78 is 0. The van der Waals surface area contributed by atoms with Crippen LogP contribution in [0.4, 0.5) is 4.79 Å². The van der Waals surface area contributed by atoms with E-state index in [4.69, 9.17) is 5.11 Å². The first kappa shape index (κ1) is 10.4. The van der Waals surface area contributed by atoms with Gasteiger partial charge in [-0.3, -0.25) is 9.78 Å². The number of carboxylic acids is 1. The van der Waals surface area contributed by atoms with Crippen LogP contribution in [0.25, 0.3) is 0 Å². The fraction of sp³-hybridized carbons (Fsp3) is 0.300. The standard InChI is InChI=1S/C10H11N3O3/c14-9(15)6-13-5-8(12-10(13)16)7-1-3-11-4-2-7/h1-4,8H,5-6H2,(H,12,16)(H,14,15). The number of nitrogens with one attached hydrogen (secondary N) is 1. The SMILES string of the molecule is O=C(O)CN1CC(c2ccncc2)NC1=O. The average molecular weight is 221 g/mol. The van der Waals surface area contributed by atoms with Crippen molar-refractivity contribution < 1.29 is 14.7 Å². The lowest BCUT2D eigenvalue weighted by Gasteiger charge is -2.11. The van der Waals surface area contributed by atoms with Crippen molar-refractivity contribution in [3.05, 3.63) is 30.1 Å². The Morgan fingerprint density at radius 3 is 2.88 bits per heavy atom. The van der Waals surface area contributed by atoms with Crippen molar-refractivity contribution in [1.29, 1.82) is 0 Å². The van der Waals surface area contributed by atoms with Crippen molar-refractivity contribution >= 4 is 12.0 Å². The molecule has 0 radical (unpaired) electrons. The first-order valence-electron chi connectivity index (χ1n) is 4.84. The lowest BCUT2D eigenvalue weighted by Crippen LogP contribution is -2.32.